The minimum Gasteiger partial charge on any atom is -0.491 e. The normalized spacial score (nSPS) is 17.8. The molecule has 0 radical (unpaired) electrons. The van der Waals surface area contributed by atoms with E-state index >= 15 is 0 Å². The van der Waals surface area contributed by atoms with Crippen LogP contribution in [0.4, 0.5) is 0 Å². The van der Waals surface area contributed by atoms with E-state index in [9.17, 15) is 9.90 Å². The zero-order valence-corrected chi connectivity index (χ0v) is 11.2. The van der Waals surface area contributed by atoms with Crippen molar-refractivity contribution in [3.05, 3.63) is 29.8 Å². The lowest BCUT2D eigenvalue weighted by molar-refractivity contribution is -0.0339. The van der Waals surface area contributed by atoms with Crippen LogP contribution in [0, 0.1) is 0 Å². The van der Waals surface area contributed by atoms with Crippen LogP contribution < -0.4 is 4.74 Å². The van der Waals surface area contributed by atoms with Gasteiger partial charge in [0.2, 0.25) is 0 Å². The fraction of sp³-hybridized carbons (Fsp3) is 0.533. The Morgan fingerprint density at radius 1 is 1.32 bits per heavy atom. The van der Waals surface area contributed by atoms with E-state index in [4.69, 9.17) is 4.74 Å². The Morgan fingerprint density at radius 3 is 2.74 bits per heavy atom. The molecular formula is C15H20O4. The monoisotopic (exact) mass is 264 g/mol. The van der Waals surface area contributed by atoms with Gasteiger partial charge in [-0.25, -0.2) is 4.79 Å². The van der Waals surface area contributed by atoms with Crippen molar-refractivity contribution in [3.63, 3.8) is 0 Å². The topological polar surface area (TPSA) is 55.8 Å². The minimum atomic E-state index is -0.723. The smallest absolute Gasteiger partial charge is 0.337 e. The summed E-state index contributed by atoms with van der Waals surface area (Å²) in [5, 5.41) is 10.3. The Labute approximate surface area is 113 Å². The summed E-state index contributed by atoms with van der Waals surface area (Å²) in [6.07, 6.45) is 4.83. The molecule has 4 heteroatoms. The first-order valence-electron chi connectivity index (χ1n) is 6.66. The molecule has 1 aromatic carbocycles. The van der Waals surface area contributed by atoms with Crippen LogP contribution in [0.25, 0.3) is 0 Å². The molecule has 0 heterocycles. The number of benzene rings is 1. The molecule has 2 rings (SSSR count). The fourth-order valence-electron chi connectivity index (χ4n) is 2.40. The van der Waals surface area contributed by atoms with Gasteiger partial charge in [0, 0.05) is 0 Å². The number of rotatable bonds is 4. The van der Waals surface area contributed by atoms with E-state index in [0.29, 0.717) is 11.3 Å². The molecule has 0 unspecified atom stereocenters. The van der Waals surface area contributed by atoms with E-state index in [1.165, 1.54) is 13.5 Å². The number of hydrogen-bond acceptors (Lipinski definition) is 4. The third-order valence-electron chi connectivity index (χ3n) is 3.55. The molecule has 0 saturated heterocycles. The predicted molar refractivity (Wildman–Crippen MR) is 71.3 cm³/mol. The van der Waals surface area contributed by atoms with Crippen LogP contribution in [0.15, 0.2) is 24.3 Å². The molecule has 1 aliphatic carbocycles. The maximum absolute atomic E-state index is 11.4. The van der Waals surface area contributed by atoms with Gasteiger partial charge in [0.05, 0.1) is 18.3 Å². The molecule has 1 aromatic rings. The van der Waals surface area contributed by atoms with Crippen LogP contribution in [-0.2, 0) is 4.74 Å². The second-order valence-electron chi connectivity index (χ2n) is 5.09. The Bertz CT molecular complexity index is 436. The van der Waals surface area contributed by atoms with Gasteiger partial charge >= 0.3 is 5.97 Å². The molecule has 0 bridgehead atoms. The number of carbonyl (C=O) groups excluding carboxylic acids is 1. The largest absolute Gasteiger partial charge is 0.491 e. The van der Waals surface area contributed by atoms with Gasteiger partial charge in [0.1, 0.15) is 12.4 Å². The zero-order valence-electron chi connectivity index (χ0n) is 11.2. The average Bonchev–Trinajstić information content (AvgIpc) is 2.45. The van der Waals surface area contributed by atoms with Crippen LogP contribution in [0.3, 0.4) is 0 Å². The molecule has 0 aromatic heterocycles. The molecule has 0 aliphatic heterocycles. The number of hydrogen-bond donors (Lipinski definition) is 1. The third kappa shape index (κ3) is 3.70. The van der Waals surface area contributed by atoms with Gasteiger partial charge in [0.25, 0.3) is 0 Å². The Balaban J connectivity index is 1.97. The van der Waals surface area contributed by atoms with E-state index in [1.54, 1.807) is 24.3 Å². The van der Waals surface area contributed by atoms with Crippen LogP contribution >= 0.6 is 0 Å². The molecule has 0 amide bonds. The van der Waals surface area contributed by atoms with Gasteiger partial charge in [-0.15, -0.1) is 0 Å². The fourth-order valence-corrected chi connectivity index (χ4v) is 2.40. The highest BCUT2D eigenvalue weighted by Gasteiger charge is 2.30. The molecule has 1 fully saturated rings. The molecule has 0 spiro atoms. The third-order valence-corrected chi connectivity index (χ3v) is 3.55. The lowest BCUT2D eigenvalue weighted by atomic mass is 9.85. The predicted octanol–water partition coefficient (Wildman–Crippen LogP) is 2.55. The molecular weight excluding hydrogens is 244 g/mol. The lowest BCUT2D eigenvalue weighted by Gasteiger charge is -2.31. The van der Waals surface area contributed by atoms with E-state index in [-0.39, 0.29) is 12.6 Å². The van der Waals surface area contributed by atoms with Gasteiger partial charge in [-0.3, -0.25) is 0 Å². The van der Waals surface area contributed by atoms with Crippen LogP contribution in [0.2, 0.25) is 0 Å². The first-order valence-corrected chi connectivity index (χ1v) is 6.66. The SMILES string of the molecule is COC(=O)c1cccc(OCC2(O)CCCCC2)c1. The van der Waals surface area contributed by atoms with Crippen molar-refractivity contribution >= 4 is 5.97 Å². The average molecular weight is 264 g/mol. The summed E-state index contributed by atoms with van der Waals surface area (Å²) in [6.45, 7) is 0.275. The van der Waals surface area contributed by atoms with E-state index in [2.05, 4.69) is 4.74 Å². The molecule has 0 atom stereocenters. The number of aliphatic hydroxyl groups is 1. The van der Waals surface area contributed by atoms with Crippen LogP contribution in [-0.4, -0.2) is 30.4 Å². The Morgan fingerprint density at radius 2 is 2.05 bits per heavy atom. The summed E-state index contributed by atoms with van der Waals surface area (Å²) in [5.74, 6) is 0.198. The Hall–Kier alpha value is -1.55. The van der Waals surface area contributed by atoms with Crippen molar-refractivity contribution in [1.29, 1.82) is 0 Å². The van der Waals surface area contributed by atoms with Gasteiger partial charge < -0.3 is 14.6 Å². The summed E-state index contributed by atoms with van der Waals surface area (Å²) in [4.78, 5) is 11.4. The van der Waals surface area contributed by atoms with Gasteiger partial charge in [-0.1, -0.05) is 25.3 Å². The van der Waals surface area contributed by atoms with E-state index < -0.39 is 5.60 Å². The Kier molecular flexibility index (Phi) is 4.43. The summed E-state index contributed by atoms with van der Waals surface area (Å²) in [6, 6.07) is 6.83. The lowest BCUT2D eigenvalue weighted by Crippen LogP contribution is -2.37. The number of esters is 1. The van der Waals surface area contributed by atoms with Gasteiger partial charge in [0.15, 0.2) is 0 Å². The van der Waals surface area contributed by atoms with Crippen molar-refractivity contribution in [2.24, 2.45) is 0 Å². The summed E-state index contributed by atoms with van der Waals surface area (Å²) < 4.78 is 10.3. The number of methoxy groups -OCH3 is 1. The number of carbonyl (C=O) groups is 1. The maximum Gasteiger partial charge on any atom is 0.337 e. The molecule has 1 saturated carbocycles. The van der Waals surface area contributed by atoms with Crippen LogP contribution in [0.5, 0.6) is 5.75 Å². The van der Waals surface area contributed by atoms with Gasteiger partial charge in [-0.05, 0) is 31.0 Å². The standard InChI is InChI=1S/C15H20O4/c1-18-14(16)12-6-5-7-13(10-12)19-11-15(17)8-3-2-4-9-15/h5-7,10,17H,2-4,8-9,11H2,1H3. The summed E-state index contributed by atoms with van der Waals surface area (Å²) in [5.41, 5.74) is -0.268. The zero-order chi connectivity index (χ0) is 13.7. The van der Waals surface area contributed by atoms with Crippen molar-refractivity contribution in [2.75, 3.05) is 13.7 Å². The van der Waals surface area contributed by atoms with Crippen molar-refractivity contribution < 1.29 is 19.4 Å². The second-order valence-corrected chi connectivity index (χ2v) is 5.09. The minimum absolute atomic E-state index is 0.275. The van der Waals surface area contributed by atoms with Gasteiger partial charge in [-0.2, -0.15) is 0 Å². The maximum atomic E-state index is 11.4. The number of ether oxygens (including phenoxy) is 2. The van der Waals surface area contributed by atoms with Crippen LogP contribution in [0.1, 0.15) is 42.5 Å². The highest BCUT2D eigenvalue weighted by Crippen LogP contribution is 2.28. The molecule has 19 heavy (non-hydrogen) atoms. The highest BCUT2D eigenvalue weighted by atomic mass is 16.5. The molecule has 4 nitrogen and oxygen atoms in total. The second kappa shape index (κ2) is 6.06. The molecule has 1 N–H and O–H groups in total. The van der Waals surface area contributed by atoms with Crippen molar-refractivity contribution in [2.45, 2.75) is 37.7 Å². The summed E-state index contributed by atoms with van der Waals surface area (Å²) in [7, 11) is 1.35. The van der Waals surface area contributed by atoms with Crippen molar-refractivity contribution in [1.82, 2.24) is 0 Å². The first-order chi connectivity index (χ1) is 9.13. The van der Waals surface area contributed by atoms with E-state index in [0.717, 1.165) is 25.7 Å². The first kappa shape index (κ1) is 13.9. The molecule has 1 aliphatic rings. The quantitative estimate of drug-likeness (QED) is 0.849. The van der Waals surface area contributed by atoms with Crippen molar-refractivity contribution in [3.8, 4) is 5.75 Å². The van der Waals surface area contributed by atoms with E-state index in [1.807, 2.05) is 0 Å². The molecule has 104 valence electrons. The summed E-state index contributed by atoms with van der Waals surface area (Å²) >= 11 is 0. The highest BCUT2D eigenvalue weighted by molar-refractivity contribution is 5.89.